The van der Waals surface area contributed by atoms with Crippen LogP contribution >= 0.6 is 0 Å². The van der Waals surface area contributed by atoms with Crippen LogP contribution in [0.2, 0.25) is 0 Å². The van der Waals surface area contributed by atoms with Crippen LogP contribution in [-0.4, -0.2) is 9.55 Å². The number of nitrogens with two attached hydrogens (primary N) is 1. The summed E-state index contributed by atoms with van der Waals surface area (Å²) in [7, 11) is 0. The minimum atomic E-state index is 0.455. The minimum Gasteiger partial charge on any atom is -0.384 e. The minimum absolute atomic E-state index is 0.455. The number of hydrogen-bond acceptors (Lipinski definition) is 2. The second-order valence-corrected chi connectivity index (χ2v) is 5.88. The van der Waals surface area contributed by atoms with Crippen molar-refractivity contribution in [2.24, 2.45) is 0 Å². The summed E-state index contributed by atoms with van der Waals surface area (Å²) in [4.78, 5) is 4.89. The van der Waals surface area contributed by atoms with Gasteiger partial charge in [-0.2, -0.15) is 0 Å². The fraction of sp³-hybridized carbons (Fsp3) is 0.800. The van der Waals surface area contributed by atoms with E-state index in [4.69, 9.17) is 10.7 Å². The van der Waals surface area contributed by atoms with Gasteiger partial charge in [-0.05, 0) is 19.3 Å². The molecule has 0 saturated heterocycles. The first-order valence-electron chi connectivity index (χ1n) is 7.50. The Labute approximate surface area is 111 Å². The molecule has 18 heavy (non-hydrogen) atoms. The number of hydrogen-bond donors (Lipinski definition) is 1. The van der Waals surface area contributed by atoms with E-state index < -0.39 is 0 Å². The van der Waals surface area contributed by atoms with Crippen LogP contribution in [-0.2, 0) is 6.54 Å². The monoisotopic (exact) mass is 249 g/mol. The van der Waals surface area contributed by atoms with Crippen LogP contribution in [0.4, 0.5) is 5.82 Å². The van der Waals surface area contributed by atoms with Gasteiger partial charge in [0.15, 0.2) is 0 Å². The molecule has 0 unspecified atom stereocenters. The zero-order valence-electron chi connectivity index (χ0n) is 12.1. The fourth-order valence-electron chi connectivity index (χ4n) is 3.08. The number of rotatable bonds is 4. The van der Waals surface area contributed by atoms with Gasteiger partial charge >= 0.3 is 0 Å². The number of nitrogens with zero attached hydrogens (tertiary/aromatic N) is 2. The predicted molar refractivity (Wildman–Crippen MR) is 76.8 cm³/mol. The smallest absolute Gasteiger partial charge is 0.127 e. The molecule has 3 nitrogen and oxygen atoms in total. The molecule has 2 rings (SSSR count). The molecule has 1 aromatic heterocycles. The van der Waals surface area contributed by atoms with E-state index in [0.717, 1.165) is 18.8 Å². The molecule has 3 heteroatoms. The maximum Gasteiger partial charge on any atom is 0.127 e. The first-order valence-corrected chi connectivity index (χ1v) is 7.50. The van der Waals surface area contributed by atoms with Crippen LogP contribution in [0.1, 0.15) is 82.7 Å². The normalized spacial score (nSPS) is 17.6. The van der Waals surface area contributed by atoms with Crippen molar-refractivity contribution in [2.75, 3.05) is 5.73 Å². The predicted octanol–water partition coefficient (Wildman–Crippen LogP) is 4.05. The molecule has 0 aromatic carbocycles. The summed E-state index contributed by atoms with van der Waals surface area (Å²) >= 11 is 0. The highest BCUT2D eigenvalue weighted by molar-refractivity contribution is 5.41. The Morgan fingerprint density at radius 3 is 2.50 bits per heavy atom. The Balaban J connectivity index is 2.32. The lowest BCUT2D eigenvalue weighted by atomic mass is 9.87. The second kappa shape index (κ2) is 5.77. The van der Waals surface area contributed by atoms with Crippen LogP contribution in [0.15, 0.2) is 0 Å². The first kappa shape index (κ1) is 13.4. The Morgan fingerprint density at radius 1 is 1.28 bits per heavy atom. The highest BCUT2D eigenvalue weighted by Gasteiger charge is 2.24. The molecule has 0 amide bonds. The Kier molecular flexibility index (Phi) is 4.31. The zero-order valence-corrected chi connectivity index (χ0v) is 12.1. The quantitative estimate of drug-likeness (QED) is 0.875. The van der Waals surface area contributed by atoms with Gasteiger partial charge in [-0.25, -0.2) is 4.98 Å². The molecule has 1 saturated carbocycles. The van der Waals surface area contributed by atoms with E-state index in [9.17, 15) is 0 Å². The molecule has 0 bridgehead atoms. The molecule has 0 spiro atoms. The molecule has 1 aliphatic rings. The maximum absolute atomic E-state index is 6.36. The fourth-order valence-corrected chi connectivity index (χ4v) is 3.08. The van der Waals surface area contributed by atoms with Gasteiger partial charge < -0.3 is 10.3 Å². The van der Waals surface area contributed by atoms with Gasteiger partial charge in [0.1, 0.15) is 11.6 Å². The van der Waals surface area contributed by atoms with E-state index in [1.165, 1.54) is 43.6 Å². The van der Waals surface area contributed by atoms with E-state index in [1.807, 2.05) is 0 Å². The SMILES string of the molecule is CCCn1c(C(C)C)nc(C2CCCCC2)c1N. The van der Waals surface area contributed by atoms with Crippen LogP contribution in [0.5, 0.6) is 0 Å². The van der Waals surface area contributed by atoms with Crippen molar-refractivity contribution in [1.29, 1.82) is 0 Å². The molecular formula is C15H27N3. The Morgan fingerprint density at radius 2 is 1.94 bits per heavy atom. The summed E-state index contributed by atoms with van der Waals surface area (Å²) < 4.78 is 2.24. The van der Waals surface area contributed by atoms with Gasteiger partial charge in [0.2, 0.25) is 0 Å². The van der Waals surface area contributed by atoms with Gasteiger partial charge in [-0.1, -0.05) is 40.0 Å². The van der Waals surface area contributed by atoms with Gasteiger partial charge in [0.25, 0.3) is 0 Å². The van der Waals surface area contributed by atoms with Gasteiger partial charge in [-0.15, -0.1) is 0 Å². The summed E-state index contributed by atoms with van der Waals surface area (Å²) in [5, 5.41) is 0. The largest absolute Gasteiger partial charge is 0.384 e. The summed E-state index contributed by atoms with van der Waals surface area (Å²) in [6, 6.07) is 0. The lowest BCUT2D eigenvalue weighted by molar-refractivity contribution is 0.438. The van der Waals surface area contributed by atoms with Crippen molar-refractivity contribution < 1.29 is 0 Å². The number of aromatic nitrogens is 2. The van der Waals surface area contributed by atoms with Crippen LogP contribution in [0.3, 0.4) is 0 Å². The maximum atomic E-state index is 6.36. The number of nitrogen functional groups attached to an aromatic ring is 1. The third-order valence-corrected chi connectivity index (χ3v) is 4.02. The lowest BCUT2D eigenvalue weighted by Gasteiger charge is -2.20. The topological polar surface area (TPSA) is 43.8 Å². The highest BCUT2D eigenvalue weighted by Crippen LogP contribution is 2.36. The molecule has 102 valence electrons. The lowest BCUT2D eigenvalue weighted by Crippen LogP contribution is -2.10. The Hall–Kier alpha value is -0.990. The van der Waals surface area contributed by atoms with Crippen LogP contribution in [0.25, 0.3) is 0 Å². The molecule has 1 heterocycles. The van der Waals surface area contributed by atoms with Gasteiger partial charge in [0, 0.05) is 18.4 Å². The van der Waals surface area contributed by atoms with E-state index in [1.54, 1.807) is 0 Å². The Bertz CT molecular complexity index is 387. The average Bonchev–Trinajstić information content (AvgIpc) is 2.69. The van der Waals surface area contributed by atoms with Gasteiger partial charge in [-0.3, -0.25) is 0 Å². The van der Waals surface area contributed by atoms with Crippen molar-refractivity contribution >= 4 is 5.82 Å². The van der Waals surface area contributed by atoms with E-state index >= 15 is 0 Å². The average molecular weight is 249 g/mol. The van der Waals surface area contributed by atoms with Gasteiger partial charge in [0.05, 0.1) is 5.69 Å². The standard InChI is InChI=1S/C15H27N3/c1-4-10-18-14(16)13(17-15(18)11(2)3)12-8-6-5-7-9-12/h11-12H,4-10,16H2,1-3H3. The summed E-state index contributed by atoms with van der Waals surface area (Å²) in [5.74, 6) is 3.17. The van der Waals surface area contributed by atoms with E-state index in [0.29, 0.717) is 11.8 Å². The van der Waals surface area contributed by atoms with Crippen molar-refractivity contribution in [1.82, 2.24) is 9.55 Å². The summed E-state index contributed by atoms with van der Waals surface area (Å²) in [6.45, 7) is 7.61. The molecule has 0 atom stereocenters. The molecular weight excluding hydrogens is 222 g/mol. The van der Waals surface area contributed by atoms with Crippen molar-refractivity contribution in [3.05, 3.63) is 11.5 Å². The van der Waals surface area contributed by atoms with Crippen molar-refractivity contribution in [3.63, 3.8) is 0 Å². The highest BCUT2D eigenvalue weighted by atomic mass is 15.1. The second-order valence-electron chi connectivity index (χ2n) is 5.88. The van der Waals surface area contributed by atoms with E-state index in [2.05, 4.69) is 25.3 Å². The summed E-state index contributed by atoms with van der Waals surface area (Å²) in [5.41, 5.74) is 7.55. The van der Waals surface area contributed by atoms with Crippen LogP contribution in [0, 0.1) is 0 Å². The third kappa shape index (κ3) is 2.55. The van der Waals surface area contributed by atoms with E-state index in [-0.39, 0.29) is 0 Å². The number of anilines is 1. The molecule has 1 aliphatic carbocycles. The molecule has 0 radical (unpaired) electrons. The van der Waals surface area contributed by atoms with Crippen molar-refractivity contribution in [3.8, 4) is 0 Å². The third-order valence-electron chi connectivity index (χ3n) is 4.02. The van der Waals surface area contributed by atoms with Crippen molar-refractivity contribution in [2.45, 2.75) is 77.7 Å². The molecule has 0 aliphatic heterocycles. The zero-order chi connectivity index (χ0) is 13.1. The first-order chi connectivity index (χ1) is 8.65. The summed E-state index contributed by atoms with van der Waals surface area (Å²) in [6.07, 6.45) is 7.70. The number of imidazole rings is 1. The molecule has 1 fully saturated rings. The molecule has 2 N–H and O–H groups in total. The molecule has 1 aromatic rings. The van der Waals surface area contributed by atoms with Crippen LogP contribution < -0.4 is 5.73 Å².